The van der Waals surface area contributed by atoms with Crippen molar-refractivity contribution in [2.45, 2.75) is 38.5 Å². The van der Waals surface area contributed by atoms with Gasteiger partial charge in [0, 0.05) is 11.9 Å². The van der Waals surface area contributed by atoms with Gasteiger partial charge in [0.2, 0.25) is 0 Å². The third-order valence-electron chi connectivity index (χ3n) is 2.37. The molecule has 0 aliphatic heterocycles. The molecule has 1 saturated carbocycles. The molecule has 0 aromatic heterocycles. The van der Waals surface area contributed by atoms with Crippen molar-refractivity contribution in [3.63, 3.8) is 0 Å². The second-order valence-electron chi connectivity index (χ2n) is 4.24. The van der Waals surface area contributed by atoms with Crippen LogP contribution in [-0.4, -0.2) is 18.5 Å². The molecule has 0 saturated heterocycles. The molecule has 1 rings (SSSR count). The van der Waals surface area contributed by atoms with E-state index < -0.39 is 0 Å². The summed E-state index contributed by atoms with van der Waals surface area (Å²) in [4.78, 5) is 0. The van der Waals surface area contributed by atoms with Crippen LogP contribution < -0.4 is 5.32 Å². The Morgan fingerprint density at radius 3 is 2.58 bits per heavy atom. The van der Waals surface area contributed by atoms with Crippen LogP contribution in [-0.2, 0) is 0 Å². The van der Waals surface area contributed by atoms with E-state index in [-0.39, 0.29) is 0 Å². The molecular weight excluding hydrogens is 170 g/mol. The molecule has 0 radical (unpaired) electrons. The summed E-state index contributed by atoms with van der Waals surface area (Å²) in [6, 6.07) is 0. The van der Waals surface area contributed by atoms with Crippen LogP contribution in [0.3, 0.4) is 0 Å². The van der Waals surface area contributed by atoms with E-state index in [2.05, 4.69) is 19.2 Å². The topological polar surface area (TPSA) is 12.0 Å². The second kappa shape index (κ2) is 5.08. The zero-order valence-electron chi connectivity index (χ0n) is 8.15. The minimum Gasteiger partial charge on any atom is -0.315 e. The first-order chi connectivity index (χ1) is 5.70. The predicted octanol–water partition coefficient (Wildman–Crippen LogP) is 2.64. The molecule has 1 aliphatic rings. The molecule has 1 unspecified atom stereocenters. The molecule has 0 bridgehead atoms. The summed E-state index contributed by atoms with van der Waals surface area (Å²) in [5.74, 6) is 1.62. The molecule has 0 aromatic rings. The molecule has 0 heterocycles. The van der Waals surface area contributed by atoms with Crippen LogP contribution in [0.1, 0.15) is 33.1 Å². The van der Waals surface area contributed by atoms with Crippen LogP contribution in [0.15, 0.2) is 0 Å². The van der Waals surface area contributed by atoms with Crippen molar-refractivity contribution in [1.29, 1.82) is 0 Å². The van der Waals surface area contributed by atoms with E-state index in [4.69, 9.17) is 11.6 Å². The highest BCUT2D eigenvalue weighted by Gasteiger charge is 2.28. The summed E-state index contributed by atoms with van der Waals surface area (Å²) >= 11 is 6.13. The molecule has 0 amide bonds. The van der Waals surface area contributed by atoms with Crippen molar-refractivity contribution in [3.05, 3.63) is 0 Å². The molecule has 2 heteroatoms. The van der Waals surface area contributed by atoms with Gasteiger partial charge < -0.3 is 5.32 Å². The third-order valence-corrected chi connectivity index (χ3v) is 2.88. The van der Waals surface area contributed by atoms with Crippen molar-refractivity contribution in [3.8, 4) is 0 Å². The molecule has 1 nitrogen and oxygen atoms in total. The van der Waals surface area contributed by atoms with Crippen molar-refractivity contribution < 1.29 is 0 Å². The Bertz CT molecular complexity index is 121. The Kier molecular flexibility index (Phi) is 4.38. The molecule has 72 valence electrons. The van der Waals surface area contributed by atoms with Gasteiger partial charge in [-0.1, -0.05) is 13.8 Å². The predicted molar refractivity (Wildman–Crippen MR) is 54.7 cm³/mol. The molecular formula is C10H20ClN. The highest BCUT2D eigenvalue weighted by atomic mass is 35.5. The normalized spacial score (nSPS) is 20.0. The van der Waals surface area contributed by atoms with Gasteiger partial charge in [0.25, 0.3) is 0 Å². The lowest BCUT2D eigenvalue weighted by molar-refractivity contribution is 0.526. The maximum Gasteiger partial charge on any atom is 0.0488 e. The summed E-state index contributed by atoms with van der Waals surface area (Å²) in [5.41, 5.74) is 0. The Morgan fingerprint density at radius 1 is 1.42 bits per heavy atom. The van der Waals surface area contributed by atoms with Crippen molar-refractivity contribution >= 4 is 11.6 Å². The summed E-state index contributed by atoms with van der Waals surface area (Å²) < 4.78 is 0. The van der Waals surface area contributed by atoms with E-state index in [0.29, 0.717) is 5.38 Å². The van der Waals surface area contributed by atoms with Gasteiger partial charge in [-0.3, -0.25) is 0 Å². The molecule has 1 N–H and O–H groups in total. The van der Waals surface area contributed by atoms with Gasteiger partial charge in [-0.25, -0.2) is 0 Å². The van der Waals surface area contributed by atoms with Crippen LogP contribution in [0, 0.1) is 11.8 Å². The summed E-state index contributed by atoms with van der Waals surface area (Å²) in [7, 11) is 0. The Morgan fingerprint density at radius 2 is 2.08 bits per heavy atom. The molecule has 1 atom stereocenters. The fourth-order valence-electron chi connectivity index (χ4n) is 1.26. The lowest BCUT2D eigenvalue weighted by Gasteiger charge is -2.10. The fraction of sp³-hybridized carbons (Fsp3) is 1.00. The highest BCUT2D eigenvalue weighted by Crippen LogP contribution is 2.35. The minimum atomic E-state index is 0.386. The maximum atomic E-state index is 6.13. The average molecular weight is 190 g/mol. The van der Waals surface area contributed by atoms with Crippen molar-refractivity contribution in [2.24, 2.45) is 11.8 Å². The number of alkyl halides is 1. The van der Waals surface area contributed by atoms with E-state index in [0.717, 1.165) is 24.9 Å². The lowest BCUT2D eigenvalue weighted by Crippen LogP contribution is -2.26. The Balaban J connectivity index is 1.87. The minimum absolute atomic E-state index is 0.386. The van der Waals surface area contributed by atoms with E-state index >= 15 is 0 Å². The summed E-state index contributed by atoms with van der Waals surface area (Å²) in [6.45, 7) is 6.62. The van der Waals surface area contributed by atoms with Crippen LogP contribution >= 0.6 is 11.6 Å². The van der Waals surface area contributed by atoms with Gasteiger partial charge in [0.15, 0.2) is 0 Å². The maximum absolute atomic E-state index is 6.13. The van der Waals surface area contributed by atoms with Gasteiger partial charge in [0.05, 0.1) is 0 Å². The van der Waals surface area contributed by atoms with Crippen molar-refractivity contribution in [2.75, 3.05) is 13.1 Å². The molecule has 0 aromatic carbocycles. The Hall–Kier alpha value is 0.250. The first-order valence-corrected chi connectivity index (χ1v) is 5.48. The zero-order chi connectivity index (χ0) is 8.97. The molecule has 1 fully saturated rings. The van der Waals surface area contributed by atoms with Gasteiger partial charge in [-0.05, 0) is 37.6 Å². The quantitative estimate of drug-likeness (QED) is 0.501. The van der Waals surface area contributed by atoms with Crippen molar-refractivity contribution in [1.82, 2.24) is 5.32 Å². The second-order valence-corrected chi connectivity index (χ2v) is 4.80. The molecule has 0 spiro atoms. The van der Waals surface area contributed by atoms with Gasteiger partial charge >= 0.3 is 0 Å². The summed E-state index contributed by atoms with van der Waals surface area (Å²) in [6.07, 6.45) is 3.95. The third kappa shape index (κ3) is 4.32. The standard InChI is InChI=1S/C10H20ClN/c1-8(2)5-6-12-7-10(11)9-3-4-9/h8-10,12H,3-7H2,1-2H3. The van der Waals surface area contributed by atoms with Crippen LogP contribution in [0.2, 0.25) is 0 Å². The zero-order valence-corrected chi connectivity index (χ0v) is 8.90. The molecule has 12 heavy (non-hydrogen) atoms. The van der Waals surface area contributed by atoms with Crippen LogP contribution in [0.5, 0.6) is 0 Å². The van der Waals surface area contributed by atoms with E-state index in [1.165, 1.54) is 19.3 Å². The highest BCUT2D eigenvalue weighted by molar-refractivity contribution is 6.21. The molecule has 1 aliphatic carbocycles. The average Bonchev–Trinajstić information content (AvgIpc) is 2.79. The van der Waals surface area contributed by atoms with Gasteiger partial charge in [-0.2, -0.15) is 0 Å². The largest absolute Gasteiger partial charge is 0.315 e. The van der Waals surface area contributed by atoms with E-state index in [1.807, 2.05) is 0 Å². The number of rotatable bonds is 6. The number of hydrogen-bond donors (Lipinski definition) is 1. The van der Waals surface area contributed by atoms with Gasteiger partial charge in [-0.15, -0.1) is 11.6 Å². The van der Waals surface area contributed by atoms with Crippen LogP contribution in [0.4, 0.5) is 0 Å². The van der Waals surface area contributed by atoms with E-state index in [1.54, 1.807) is 0 Å². The smallest absolute Gasteiger partial charge is 0.0488 e. The Labute approximate surface area is 80.9 Å². The SMILES string of the molecule is CC(C)CCNCC(Cl)C1CC1. The van der Waals surface area contributed by atoms with Crippen LogP contribution in [0.25, 0.3) is 0 Å². The number of nitrogens with one attached hydrogen (secondary N) is 1. The van der Waals surface area contributed by atoms with E-state index in [9.17, 15) is 0 Å². The van der Waals surface area contributed by atoms with Gasteiger partial charge in [0.1, 0.15) is 0 Å². The monoisotopic (exact) mass is 189 g/mol. The number of halogens is 1. The lowest BCUT2D eigenvalue weighted by atomic mass is 10.1. The first-order valence-electron chi connectivity index (χ1n) is 5.05. The fourth-order valence-corrected chi connectivity index (χ4v) is 1.62. The first kappa shape index (κ1) is 10.3. The number of hydrogen-bond acceptors (Lipinski definition) is 1. The summed E-state index contributed by atoms with van der Waals surface area (Å²) in [5, 5.41) is 3.79.